The normalized spacial score (nSPS) is 29.7. The van der Waals surface area contributed by atoms with Crippen LogP contribution in [-0.2, 0) is 20.8 Å². The molecule has 1 aliphatic carbocycles. The van der Waals surface area contributed by atoms with Crippen LogP contribution in [0, 0.1) is 0 Å². The Labute approximate surface area is 141 Å². The average Bonchev–Trinajstić information content (AvgIpc) is 3.25. The number of fused-ring (bicyclic) bond motifs is 1. The summed E-state index contributed by atoms with van der Waals surface area (Å²) in [5.41, 5.74) is -0.245. The number of hydrogen-bond acceptors (Lipinski definition) is 6. The largest absolute Gasteiger partial charge is 0.394 e. The van der Waals surface area contributed by atoms with Gasteiger partial charge in [-0.1, -0.05) is 0 Å². The van der Waals surface area contributed by atoms with Crippen LogP contribution in [0.4, 0.5) is 0 Å². The lowest BCUT2D eigenvalue weighted by Crippen LogP contribution is -2.53. The number of methoxy groups -OCH3 is 1. The Bertz CT molecular complexity index is 538. The van der Waals surface area contributed by atoms with Gasteiger partial charge >= 0.3 is 0 Å². The summed E-state index contributed by atoms with van der Waals surface area (Å²) in [7, 11) is 1.74. The number of amides is 1. The maximum absolute atomic E-state index is 12.7. The molecule has 3 atom stereocenters. The van der Waals surface area contributed by atoms with Gasteiger partial charge in [0.15, 0.2) is 0 Å². The van der Waals surface area contributed by atoms with Crippen molar-refractivity contribution < 1.29 is 19.4 Å². The third-order valence-electron chi connectivity index (χ3n) is 5.36. The summed E-state index contributed by atoms with van der Waals surface area (Å²) in [5, 5.41) is 16.5. The number of aliphatic hydroxyl groups excluding tert-OH is 1. The van der Waals surface area contributed by atoms with Gasteiger partial charge in [0.05, 0.1) is 31.0 Å². The third-order valence-corrected chi connectivity index (χ3v) is 5.36. The fraction of sp³-hybridized carbons (Fsp3) is 0.812. The summed E-state index contributed by atoms with van der Waals surface area (Å²) in [4.78, 5) is 14.7. The zero-order valence-corrected chi connectivity index (χ0v) is 14.1. The minimum absolute atomic E-state index is 0.0260. The maximum Gasteiger partial charge on any atom is 0.224 e. The summed E-state index contributed by atoms with van der Waals surface area (Å²) in [6.07, 6.45) is 7.19. The molecule has 1 N–H and O–H groups in total. The van der Waals surface area contributed by atoms with E-state index >= 15 is 0 Å². The first-order valence-electron chi connectivity index (χ1n) is 8.58. The number of ether oxygens (including phenoxy) is 2. The number of aromatic nitrogens is 3. The molecule has 2 fully saturated rings. The SMILES string of the molecule is CO[C@]12CC[C@@H](OCCO)C[C@H]1N(C(=O)CCn1cnnc1)CC2. The van der Waals surface area contributed by atoms with Gasteiger partial charge in [0.25, 0.3) is 0 Å². The number of nitrogens with zero attached hydrogens (tertiary/aromatic N) is 4. The van der Waals surface area contributed by atoms with Crippen molar-refractivity contribution in [3.05, 3.63) is 12.7 Å². The van der Waals surface area contributed by atoms with Gasteiger partial charge < -0.3 is 24.0 Å². The standard InChI is InChI=1S/C16H26N4O4/c1-23-16-4-2-13(24-9-8-21)10-14(16)20(7-5-16)15(22)3-6-19-11-17-18-12-19/h11-14,21H,2-10H2,1H3/t13-,14-,16+/m1/s1. The fourth-order valence-electron chi connectivity index (χ4n) is 4.04. The minimum Gasteiger partial charge on any atom is -0.394 e. The van der Waals surface area contributed by atoms with Gasteiger partial charge in [-0.2, -0.15) is 0 Å². The van der Waals surface area contributed by atoms with Crippen molar-refractivity contribution in [2.24, 2.45) is 0 Å². The molecule has 2 heterocycles. The molecule has 0 bridgehead atoms. The molecule has 134 valence electrons. The van der Waals surface area contributed by atoms with E-state index in [1.54, 1.807) is 19.8 Å². The van der Waals surface area contributed by atoms with E-state index in [4.69, 9.17) is 14.6 Å². The van der Waals surface area contributed by atoms with Crippen molar-refractivity contribution in [3.8, 4) is 0 Å². The second kappa shape index (κ2) is 7.58. The fourth-order valence-corrected chi connectivity index (χ4v) is 4.04. The summed E-state index contributed by atoms with van der Waals surface area (Å²) in [6, 6.07) is 0.0494. The molecule has 1 aromatic rings. The third kappa shape index (κ3) is 3.45. The van der Waals surface area contributed by atoms with E-state index in [1.807, 2.05) is 9.47 Å². The Hall–Kier alpha value is -1.51. The molecule has 2 aliphatic rings. The number of carbonyl (C=O) groups excluding carboxylic acids is 1. The second-order valence-corrected chi connectivity index (χ2v) is 6.56. The highest BCUT2D eigenvalue weighted by atomic mass is 16.5. The molecule has 8 nitrogen and oxygen atoms in total. The molecule has 1 saturated carbocycles. The molecule has 1 aromatic heterocycles. The first kappa shape index (κ1) is 17.3. The molecule has 24 heavy (non-hydrogen) atoms. The van der Waals surface area contributed by atoms with E-state index in [-0.39, 0.29) is 30.3 Å². The topological polar surface area (TPSA) is 89.7 Å². The number of hydrogen-bond donors (Lipinski definition) is 1. The highest BCUT2D eigenvalue weighted by Crippen LogP contribution is 2.43. The molecule has 8 heteroatoms. The minimum atomic E-state index is -0.245. The molecule has 0 spiro atoms. The highest BCUT2D eigenvalue weighted by Gasteiger charge is 2.52. The van der Waals surface area contributed by atoms with Crippen LogP contribution < -0.4 is 0 Å². The Kier molecular flexibility index (Phi) is 5.47. The van der Waals surface area contributed by atoms with Crippen LogP contribution in [0.5, 0.6) is 0 Å². The Morgan fingerprint density at radius 1 is 1.38 bits per heavy atom. The predicted molar refractivity (Wildman–Crippen MR) is 85.2 cm³/mol. The van der Waals surface area contributed by atoms with E-state index in [0.29, 0.717) is 19.6 Å². The maximum atomic E-state index is 12.7. The molecule has 0 radical (unpaired) electrons. The summed E-state index contributed by atoms with van der Waals surface area (Å²) < 4.78 is 13.4. The number of rotatable bonds is 7. The van der Waals surface area contributed by atoms with Gasteiger partial charge in [-0.25, -0.2) is 0 Å². The summed E-state index contributed by atoms with van der Waals surface area (Å²) in [6.45, 7) is 1.68. The number of carbonyl (C=O) groups is 1. The van der Waals surface area contributed by atoms with Crippen LogP contribution in [0.1, 0.15) is 32.1 Å². The zero-order valence-electron chi connectivity index (χ0n) is 14.1. The first-order chi connectivity index (χ1) is 11.7. The Balaban J connectivity index is 1.63. The zero-order chi connectivity index (χ0) is 17.0. The van der Waals surface area contributed by atoms with Gasteiger partial charge in [-0.15, -0.1) is 10.2 Å². The van der Waals surface area contributed by atoms with E-state index in [0.717, 1.165) is 32.2 Å². The van der Waals surface area contributed by atoms with Crippen molar-refractivity contribution in [2.45, 2.75) is 56.4 Å². The molecule has 1 amide bonds. The van der Waals surface area contributed by atoms with E-state index < -0.39 is 0 Å². The predicted octanol–water partition coefficient (Wildman–Crippen LogP) is 0.216. The Morgan fingerprint density at radius 3 is 2.88 bits per heavy atom. The number of likely N-dealkylation sites (tertiary alicyclic amines) is 1. The van der Waals surface area contributed by atoms with Gasteiger partial charge in [-0.3, -0.25) is 4.79 Å². The molecule has 0 aromatic carbocycles. The lowest BCUT2D eigenvalue weighted by Gasteiger charge is -2.43. The van der Waals surface area contributed by atoms with Crippen LogP contribution >= 0.6 is 0 Å². The molecule has 1 saturated heterocycles. The molecule has 0 unspecified atom stereocenters. The molecular formula is C16H26N4O4. The van der Waals surface area contributed by atoms with E-state index in [2.05, 4.69) is 10.2 Å². The lowest BCUT2D eigenvalue weighted by atomic mass is 9.79. The number of aliphatic hydroxyl groups is 1. The van der Waals surface area contributed by atoms with Crippen molar-refractivity contribution in [1.82, 2.24) is 19.7 Å². The number of aryl methyl sites for hydroxylation is 1. The van der Waals surface area contributed by atoms with Crippen molar-refractivity contribution in [2.75, 3.05) is 26.9 Å². The quantitative estimate of drug-likeness (QED) is 0.765. The van der Waals surface area contributed by atoms with Crippen molar-refractivity contribution in [1.29, 1.82) is 0 Å². The van der Waals surface area contributed by atoms with Crippen LogP contribution in [0.15, 0.2) is 12.7 Å². The highest BCUT2D eigenvalue weighted by molar-refractivity contribution is 5.77. The Morgan fingerprint density at radius 2 is 2.17 bits per heavy atom. The van der Waals surface area contributed by atoms with Gasteiger partial charge in [0.1, 0.15) is 12.7 Å². The molecule has 1 aliphatic heterocycles. The van der Waals surface area contributed by atoms with E-state index in [1.165, 1.54) is 0 Å². The second-order valence-electron chi connectivity index (χ2n) is 6.56. The lowest BCUT2D eigenvalue weighted by molar-refractivity contribution is -0.142. The van der Waals surface area contributed by atoms with Crippen LogP contribution in [0.25, 0.3) is 0 Å². The molecular weight excluding hydrogens is 312 g/mol. The molecule has 3 rings (SSSR count). The average molecular weight is 338 g/mol. The summed E-state index contributed by atoms with van der Waals surface area (Å²) in [5.74, 6) is 0.135. The smallest absolute Gasteiger partial charge is 0.224 e. The van der Waals surface area contributed by atoms with Crippen molar-refractivity contribution >= 4 is 5.91 Å². The van der Waals surface area contributed by atoms with E-state index in [9.17, 15) is 4.79 Å². The van der Waals surface area contributed by atoms with Crippen LogP contribution in [-0.4, -0.2) is 75.3 Å². The van der Waals surface area contributed by atoms with Gasteiger partial charge in [0, 0.05) is 26.6 Å². The summed E-state index contributed by atoms with van der Waals surface area (Å²) >= 11 is 0. The van der Waals surface area contributed by atoms with Crippen molar-refractivity contribution in [3.63, 3.8) is 0 Å². The first-order valence-corrected chi connectivity index (χ1v) is 8.58. The van der Waals surface area contributed by atoms with Crippen LogP contribution in [0.2, 0.25) is 0 Å². The van der Waals surface area contributed by atoms with Gasteiger partial charge in [-0.05, 0) is 25.7 Å². The van der Waals surface area contributed by atoms with Crippen LogP contribution in [0.3, 0.4) is 0 Å². The monoisotopic (exact) mass is 338 g/mol. The van der Waals surface area contributed by atoms with Gasteiger partial charge in [0.2, 0.25) is 5.91 Å².